The van der Waals surface area contributed by atoms with Crippen molar-refractivity contribution in [1.29, 1.82) is 0 Å². The van der Waals surface area contributed by atoms with Crippen LogP contribution >= 0.6 is 0 Å². The Balaban J connectivity index is 1.51. The highest BCUT2D eigenvalue weighted by Crippen LogP contribution is 2.31. The van der Waals surface area contributed by atoms with E-state index in [0.717, 1.165) is 47.6 Å². The number of aromatic amines is 1. The number of hydrogen-bond acceptors (Lipinski definition) is 3. The number of nitrogens with one attached hydrogen (secondary N) is 1. The Morgan fingerprint density at radius 1 is 1.23 bits per heavy atom. The zero-order valence-corrected chi connectivity index (χ0v) is 14.7. The van der Waals surface area contributed by atoms with Gasteiger partial charge in [-0.15, -0.1) is 0 Å². The van der Waals surface area contributed by atoms with Crippen LogP contribution in [0.4, 0.5) is 0 Å². The first kappa shape index (κ1) is 16.4. The van der Waals surface area contributed by atoms with Gasteiger partial charge in [0.15, 0.2) is 0 Å². The molecule has 26 heavy (non-hydrogen) atoms. The lowest BCUT2D eigenvalue weighted by atomic mass is 10.2. The minimum Gasteiger partial charge on any atom is -0.497 e. The smallest absolute Gasteiger partial charge is 0.247 e. The number of amides is 1. The highest BCUT2D eigenvalue weighted by Gasteiger charge is 2.30. The molecule has 1 amide bonds. The van der Waals surface area contributed by atoms with Crippen molar-refractivity contribution in [2.24, 2.45) is 0 Å². The summed E-state index contributed by atoms with van der Waals surface area (Å²) in [5.74, 6) is 1.69. The van der Waals surface area contributed by atoms with E-state index in [-0.39, 0.29) is 11.9 Å². The third kappa shape index (κ3) is 3.20. The second-order valence-corrected chi connectivity index (χ2v) is 6.44. The maximum absolute atomic E-state index is 12.7. The van der Waals surface area contributed by atoms with Crippen LogP contribution in [0.1, 0.15) is 30.3 Å². The second kappa shape index (κ2) is 7.04. The topological polar surface area (TPSA) is 58.2 Å². The molecule has 0 radical (unpaired) electrons. The van der Waals surface area contributed by atoms with E-state index in [9.17, 15) is 4.79 Å². The van der Waals surface area contributed by atoms with Crippen LogP contribution in [0.5, 0.6) is 5.75 Å². The maximum Gasteiger partial charge on any atom is 0.247 e. The Kier molecular flexibility index (Phi) is 4.44. The lowest BCUT2D eigenvalue weighted by Gasteiger charge is -2.21. The van der Waals surface area contributed by atoms with Gasteiger partial charge >= 0.3 is 0 Å². The van der Waals surface area contributed by atoms with Gasteiger partial charge in [0.2, 0.25) is 5.91 Å². The van der Waals surface area contributed by atoms with Crippen molar-refractivity contribution in [1.82, 2.24) is 14.9 Å². The SMILES string of the molecule is COc1ccc(C=CC(=O)N2CCCC2c2nc3ccccc3[nH]2)cc1. The number of carbonyl (C=O) groups excluding carboxylic acids is 1. The molecule has 5 heteroatoms. The van der Waals surface area contributed by atoms with Crippen molar-refractivity contribution in [3.05, 3.63) is 66.0 Å². The molecule has 1 atom stereocenters. The predicted octanol–water partition coefficient (Wildman–Crippen LogP) is 3.95. The van der Waals surface area contributed by atoms with Crippen molar-refractivity contribution in [2.75, 3.05) is 13.7 Å². The molecular weight excluding hydrogens is 326 g/mol. The Hall–Kier alpha value is -3.08. The van der Waals surface area contributed by atoms with E-state index in [1.54, 1.807) is 13.2 Å². The summed E-state index contributed by atoms with van der Waals surface area (Å²) in [6.07, 6.45) is 5.41. The number of fused-ring (bicyclic) bond motifs is 1. The minimum atomic E-state index is 0.00965. The zero-order valence-electron chi connectivity index (χ0n) is 14.7. The molecule has 0 aliphatic carbocycles. The number of likely N-dealkylation sites (tertiary alicyclic amines) is 1. The number of para-hydroxylation sites is 2. The molecule has 1 unspecified atom stereocenters. The van der Waals surface area contributed by atoms with Crippen LogP contribution in [0, 0.1) is 0 Å². The predicted molar refractivity (Wildman–Crippen MR) is 102 cm³/mol. The van der Waals surface area contributed by atoms with E-state index in [1.165, 1.54) is 0 Å². The number of aromatic nitrogens is 2. The van der Waals surface area contributed by atoms with Crippen LogP contribution in [0.3, 0.4) is 0 Å². The summed E-state index contributed by atoms with van der Waals surface area (Å²) in [4.78, 5) is 22.7. The number of imidazole rings is 1. The summed E-state index contributed by atoms with van der Waals surface area (Å²) in [6, 6.07) is 15.6. The summed E-state index contributed by atoms with van der Waals surface area (Å²) >= 11 is 0. The van der Waals surface area contributed by atoms with Crippen molar-refractivity contribution < 1.29 is 9.53 Å². The molecule has 0 saturated carbocycles. The fourth-order valence-electron chi connectivity index (χ4n) is 3.42. The third-order valence-electron chi connectivity index (χ3n) is 4.79. The van der Waals surface area contributed by atoms with E-state index in [4.69, 9.17) is 4.74 Å². The van der Waals surface area contributed by atoms with Crippen LogP contribution in [0.25, 0.3) is 17.1 Å². The molecular formula is C21H21N3O2. The minimum absolute atomic E-state index is 0.00965. The lowest BCUT2D eigenvalue weighted by Crippen LogP contribution is -2.29. The van der Waals surface area contributed by atoms with Crippen molar-refractivity contribution in [3.8, 4) is 5.75 Å². The molecule has 2 heterocycles. The monoisotopic (exact) mass is 347 g/mol. The highest BCUT2D eigenvalue weighted by molar-refractivity contribution is 5.92. The Morgan fingerprint density at radius 3 is 2.81 bits per heavy atom. The van der Waals surface area contributed by atoms with Crippen molar-refractivity contribution in [2.45, 2.75) is 18.9 Å². The largest absolute Gasteiger partial charge is 0.497 e. The lowest BCUT2D eigenvalue weighted by molar-refractivity contribution is -0.126. The first-order valence-electron chi connectivity index (χ1n) is 8.82. The standard InChI is InChI=1S/C21H21N3O2/c1-26-16-11-8-15(9-12-16)10-13-20(25)24-14-4-7-19(24)21-22-17-5-2-3-6-18(17)23-21/h2-3,5-6,8-13,19H,4,7,14H2,1H3,(H,22,23). The van der Waals surface area contributed by atoms with Gasteiger partial charge in [-0.3, -0.25) is 4.79 Å². The first-order chi connectivity index (χ1) is 12.7. The number of nitrogens with zero attached hydrogens (tertiary/aromatic N) is 2. The van der Waals surface area contributed by atoms with E-state index >= 15 is 0 Å². The van der Waals surface area contributed by atoms with Crippen molar-refractivity contribution in [3.63, 3.8) is 0 Å². The van der Waals surface area contributed by atoms with E-state index in [0.29, 0.717) is 0 Å². The summed E-state index contributed by atoms with van der Waals surface area (Å²) in [5, 5.41) is 0. The number of benzene rings is 2. The first-order valence-corrected chi connectivity index (χ1v) is 8.82. The van der Waals surface area contributed by atoms with Gasteiger partial charge < -0.3 is 14.6 Å². The molecule has 1 aliphatic heterocycles. The molecule has 132 valence electrons. The Labute approximate surface area is 152 Å². The number of ether oxygens (including phenoxy) is 1. The van der Waals surface area contributed by atoms with E-state index < -0.39 is 0 Å². The third-order valence-corrected chi connectivity index (χ3v) is 4.79. The van der Waals surface area contributed by atoms with Gasteiger partial charge in [0, 0.05) is 12.6 Å². The number of hydrogen-bond donors (Lipinski definition) is 1. The summed E-state index contributed by atoms with van der Waals surface area (Å²) in [5.41, 5.74) is 2.92. The fourth-order valence-corrected chi connectivity index (χ4v) is 3.42. The van der Waals surface area contributed by atoms with Crippen molar-refractivity contribution >= 4 is 23.0 Å². The maximum atomic E-state index is 12.7. The molecule has 1 aliphatic rings. The van der Waals surface area contributed by atoms with Gasteiger partial charge in [-0.2, -0.15) is 0 Å². The number of carbonyl (C=O) groups is 1. The second-order valence-electron chi connectivity index (χ2n) is 6.44. The van der Waals surface area contributed by atoms with Gasteiger partial charge in [0.25, 0.3) is 0 Å². The summed E-state index contributed by atoms with van der Waals surface area (Å²) in [7, 11) is 1.64. The number of methoxy groups -OCH3 is 1. The Morgan fingerprint density at radius 2 is 2.04 bits per heavy atom. The molecule has 2 aromatic carbocycles. The van der Waals surface area contributed by atoms with E-state index in [2.05, 4.69) is 9.97 Å². The van der Waals surface area contributed by atoms with Crippen LogP contribution in [0.15, 0.2) is 54.6 Å². The molecule has 1 aromatic heterocycles. The quantitative estimate of drug-likeness (QED) is 0.727. The van der Waals surface area contributed by atoms with Crippen LogP contribution in [-0.4, -0.2) is 34.4 Å². The number of rotatable bonds is 4. The van der Waals surface area contributed by atoms with Gasteiger partial charge in [0.1, 0.15) is 11.6 Å². The average molecular weight is 347 g/mol. The normalized spacial score (nSPS) is 17.3. The molecule has 0 spiro atoms. The average Bonchev–Trinajstić information content (AvgIpc) is 3.32. The van der Waals surface area contributed by atoms with Gasteiger partial charge in [-0.05, 0) is 48.7 Å². The Bertz CT molecular complexity index is 910. The van der Waals surface area contributed by atoms with Gasteiger partial charge in [-0.1, -0.05) is 24.3 Å². The molecule has 3 aromatic rings. The highest BCUT2D eigenvalue weighted by atomic mass is 16.5. The fraction of sp³-hybridized carbons (Fsp3) is 0.238. The van der Waals surface area contributed by atoms with Gasteiger partial charge in [-0.25, -0.2) is 4.98 Å². The summed E-state index contributed by atoms with van der Waals surface area (Å²) in [6.45, 7) is 0.757. The number of H-pyrrole nitrogens is 1. The van der Waals surface area contributed by atoms with Crippen LogP contribution in [0.2, 0.25) is 0 Å². The zero-order chi connectivity index (χ0) is 17.9. The molecule has 1 fully saturated rings. The van der Waals surface area contributed by atoms with Gasteiger partial charge in [0.05, 0.1) is 24.2 Å². The van der Waals surface area contributed by atoms with E-state index in [1.807, 2.05) is 59.5 Å². The molecule has 0 bridgehead atoms. The molecule has 1 saturated heterocycles. The van der Waals surface area contributed by atoms with Crippen LogP contribution < -0.4 is 4.74 Å². The molecule has 5 nitrogen and oxygen atoms in total. The molecule has 4 rings (SSSR count). The summed E-state index contributed by atoms with van der Waals surface area (Å²) < 4.78 is 5.15. The van der Waals surface area contributed by atoms with Crippen LogP contribution in [-0.2, 0) is 4.79 Å². The molecule has 1 N–H and O–H groups in total.